The molecule has 0 amide bonds. The maximum atomic E-state index is 6.39. The van der Waals surface area contributed by atoms with Gasteiger partial charge < -0.3 is 19.7 Å². The Bertz CT molecular complexity index is 457. The minimum absolute atomic E-state index is 0.168. The zero-order valence-corrected chi connectivity index (χ0v) is 12.8. The van der Waals surface area contributed by atoms with Crippen LogP contribution >= 0.6 is 0 Å². The van der Waals surface area contributed by atoms with Crippen molar-refractivity contribution in [2.75, 3.05) is 19.8 Å². The highest BCUT2D eigenvalue weighted by Crippen LogP contribution is 2.35. The third-order valence-electron chi connectivity index (χ3n) is 4.70. The Hall–Kier alpha value is -0.980. The largest absolute Gasteiger partial charge is 0.381 e. The summed E-state index contributed by atoms with van der Waals surface area (Å²) >= 11 is 0. The first-order chi connectivity index (χ1) is 10.2. The SMILES string of the molecule is CCOC1(c2noc(CC3(N)CCCC3)n2)CCOCC1. The van der Waals surface area contributed by atoms with Gasteiger partial charge in [-0.25, -0.2) is 0 Å². The van der Waals surface area contributed by atoms with Crippen LogP contribution in [0.15, 0.2) is 4.52 Å². The van der Waals surface area contributed by atoms with Crippen molar-refractivity contribution in [3.05, 3.63) is 11.7 Å². The zero-order valence-electron chi connectivity index (χ0n) is 12.8. The number of nitrogens with two attached hydrogens (primary N) is 1. The second-order valence-corrected chi connectivity index (χ2v) is 6.30. The second-order valence-electron chi connectivity index (χ2n) is 6.30. The van der Waals surface area contributed by atoms with Crippen LogP contribution in [0.5, 0.6) is 0 Å². The average Bonchev–Trinajstić information content (AvgIpc) is 3.10. The van der Waals surface area contributed by atoms with Gasteiger partial charge in [0.15, 0.2) is 0 Å². The highest BCUT2D eigenvalue weighted by Gasteiger charge is 2.40. The van der Waals surface area contributed by atoms with Gasteiger partial charge in [-0.1, -0.05) is 18.0 Å². The van der Waals surface area contributed by atoms with Gasteiger partial charge in [0.1, 0.15) is 5.60 Å². The van der Waals surface area contributed by atoms with Crippen LogP contribution in [0.1, 0.15) is 57.2 Å². The third-order valence-corrected chi connectivity index (χ3v) is 4.70. The average molecular weight is 295 g/mol. The predicted octanol–water partition coefficient (Wildman–Crippen LogP) is 1.93. The molecule has 1 aromatic rings. The zero-order chi connectivity index (χ0) is 14.8. The predicted molar refractivity (Wildman–Crippen MR) is 76.7 cm³/mol. The molecule has 0 bridgehead atoms. The van der Waals surface area contributed by atoms with Crippen molar-refractivity contribution in [2.45, 2.75) is 63.0 Å². The smallest absolute Gasteiger partial charge is 0.228 e. The van der Waals surface area contributed by atoms with Gasteiger partial charge in [0.25, 0.3) is 0 Å². The van der Waals surface area contributed by atoms with E-state index in [1.54, 1.807) is 0 Å². The summed E-state index contributed by atoms with van der Waals surface area (Å²) in [5.74, 6) is 1.30. The van der Waals surface area contributed by atoms with Crippen LogP contribution in [0.25, 0.3) is 0 Å². The lowest BCUT2D eigenvalue weighted by atomic mass is 9.92. The van der Waals surface area contributed by atoms with Gasteiger partial charge in [-0.3, -0.25) is 0 Å². The van der Waals surface area contributed by atoms with Gasteiger partial charge >= 0.3 is 0 Å². The van der Waals surface area contributed by atoms with Crippen molar-refractivity contribution in [3.63, 3.8) is 0 Å². The minimum Gasteiger partial charge on any atom is -0.381 e. The molecule has 2 fully saturated rings. The van der Waals surface area contributed by atoms with Gasteiger partial charge in [-0.2, -0.15) is 4.98 Å². The lowest BCUT2D eigenvalue weighted by molar-refractivity contribution is -0.118. The molecule has 1 saturated heterocycles. The fourth-order valence-corrected chi connectivity index (χ4v) is 3.48. The van der Waals surface area contributed by atoms with Gasteiger partial charge in [0, 0.05) is 44.6 Å². The summed E-state index contributed by atoms with van der Waals surface area (Å²) in [6, 6.07) is 0. The summed E-state index contributed by atoms with van der Waals surface area (Å²) < 4.78 is 16.9. The number of nitrogens with zero attached hydrogens (tertiary/aromatic N) is 2. The molecule has 1 aliphatic carbocycles. The van der Waals surface area contributed by atoms with Crippen LogP contribution in [0.3, 0.4) is 0 Å². The van der Waals surface area contributed by atoms with E-state index in [0.717, 1.165) is 25.7 Å². The second kappa shape index (κ2) is 6.02. The lowest BCUT2D eigenvalue weighted by Gasteiger charge is -2.33. The molecule has 1 aliphatic heterocycles. The molecular formula is C15H25N3O3. The van der Waals surface area contributed by atoms with E-state index in [1.165, 1.54) is 12.8 Å². The summed E-state index contributed by atoms with van der Waals surface area (Å²) in [4.78, 5) is 4.60. The van der Waals surface area contributed by atoms with Gasteiger partial charge in [0.2, 0.25) is 11.7 Å². The molecule has 0 unspecified atom stereocenters. The van der Waals surface area contributed by atoms with E-state index in [1.807, 2.05) is 6.92 Å². The maximum Gasteiger partial charge on any atom is 0.228 e. The first kappa shape index (κ1) is 14.9. The standard InChI is InChI=1S/C15H25N3O3/c1-2-20-15(7-9-19-10-8-15)13-17-12(21-18-13)11-14(16)5-3-4-6-14/h2-11,16H2,1H3. The Morgan fingerprint density at radius 3 is 2.57 bits per heavy atom. The molecule has 0 spiro atoms. The molecule has 118 valence electrons. The van der Waals surface area contributed by atoms with E-state index in [-0.39, 0.29) is 5.54 Å². The van der Waals surface area contributed by atoms with E-state index >= 15 is 0 Å². The fraction of sp³-hybridized carbons (Fsp3) is 0.867. The molecule has 1 aromatic heterocycles. The number of ether oxygens (including phenoxy) is 2. The molecule has 6 heteroatoms. The minimum atomic E-state index is -0.452. The topological polar surface area (TPSA) is 83.4 Å². The number of aromatic nitrogens is 2. The Morgan fingerprint density at radius 1 is 1.19 bits per heavy atom. The van der Waals surface area contributed by atoms with Crippen LogP contribution in [-0.2, 0) is 21.5 Å². The van der Waals surface area contributed by atoms with Gasteiger partial charge in [-0.05, 0) is 19.8 Å². The molecule has 6 nitrogen and oxygen atoms in total. The number of hydrogen-bond acceptors (Lipinski definition) is 6. The van der Waals surface area contributed by atoms with Crippen LogP contribution in [-0.4, -0.2) is 35.5 Å². The Morgan fingerprint density at radius 2 is 1.90 bits per heavy atom. The van der Waals surface area contributed by atoms with E-state index in [4.69, 9.17) is 19.7 Å². The molecule has 2 N–H and O–H groups in total. The van der Waals surface area contributed by atoms with Crippen LogP contribution < -0.4 is 5.73 Å². The lowest BCUT2D eigenvalue weighted by Crippen LogP contribution is -2.39. The molecule has 1 saturated carbocycles. The summed E-state index contributed by atoms with van der Waals surface area (Å²) in [5, 5.41) is 4.18. The number of rotatable bonds is 5. The van der Waals surface area contributed by atoms with E-state index in [2.05, 4.69) is 10.1 Å². The Balaban J connectivity index is 1.76. The molecule has 3 rings (SSSR count). The molecule has 0 aromatic carbocycles. The van der Waals surface area contributed by atoms with Crippen molar-refractivity contribution in [3.8, 4) is 0 Å². The first-order valence-corrected chi connectivity index (χ1v) is 7.99. The first-order valence-electron chi connectivity index (χ1n) is 7.99. The Labute approximate surface area is 125 Å². The van der Waals surface area contributed by atoms with Crippen molar-refractivity contribution in [1.82, 2.24) is 10.1 Å². The van der Waals surface area contributed by atoms with Gasteiger partial charge in [-0.15, -0.1) is 0 Å². The fourth-order valence-electron chi connectivity index (χ4n) is 3.48. The van der Waals surface area contributed by atoms with E-state index in [0.29, 0.717) is 38.0 Å². The molecular weight excluding hydrogens is 270 g/mol. The van der Waals surface area contributed by atoms with Crippen LogP contribution in [0.4, 0.5) is 0 Å². The summed E-state index contributed by atoms with van der Waals surface area (Å²) in [7, 11) is 0. The number of hydrogen-bond donors (Lipinski definition) is 1. The molecule has 2 aliphatic rings. The van der Waals surface area contributed by atoms with Crippen molar-refractivity contribution in [1.29, 1.82) is 0 Å². The molecule has 2 heterocycles. The molecule has 21 heavy (non-hydrogen) atoms. The van der Waals surface area contributed by atoms with Crippen molar-refractivity contribution < 1.29 is 14.0 Å². The Kier molecular flexibility index (Phi) is 4.28. The summed E-state index contributed by atoms with van der Waals surface area (Å²) in [6.45, 7) is 3.96. The monoisotopic (exact) mass is 295 g/mol. The summed E-state index contributed by atoms with van der Waals surface area (Å²) in [6.07, 6.45) is 6.67. The maximum absolute atomic E-state index is 6.39. The van der Waals surface area contributed by atoms with Gasteiger partial charge in [0.05, 0.1) is 0 Å². The van der Waals surface area contributed by atoms with Crippen molar-refractivity contribution >= 4 is 0 Å². The van der Waals surface area contributed by atoms with Crippen molar-refractivity contribution in [2.24, 2.45) is 5.73 Å². The van der Waals surface area contributed by atoms with E-state index in [9.17, 15) is 0 Å². The highest BCUT2D eigenvalue weighted by atomic mass is 16.5. The normalized spacial score (nSPS) is 24.3. The van der Waals surface area contributed by atoms with Crippen LogP contribution in [0, 0.1) is 0 Å². The third kappa shape index (κ3) is 3.12. The highest BCUT2D eigenvalue weighted by molar-refractivity contribution is 5.05. The molecule has 0 atom stereocenters. The summed E-state index contributed by atoms with van der Waals surface area (Å²) in [5.41, 5.74) is 5.77. The van der Waals surface area contributed by atoms with Crippen LogP contribution in [0.2, 0.25) is 0 Å². The van der Waals surface area contributed by atoms with E-state index < -0.39 is 5.60 Å². The molecule has 0 radical (unpaired) electrons. The quantitative estimate of drug-likeness (QED) is 0.893.